The molecule has 2 aromatic carbocycles. The van der Waals surface area contributed by atoms with Crippen molar-refractivity contribution in [3.8, 4) is 22.4 Å². The molecule has 2 aliphatic rings. The van der Waals surface area contributed by atoms with Crippen molar-refractivity contribution in [3.63, 3.8) is 0 Å². The molecule has 4 nitrogen and oxygen atoms in total. The number of imidazole rings is 1. The number of pyridine rings is 3. The fourth-order valence-corrected chi connectivity index (χ4v) is 5.69. The van der Waals surface area contributed by atoms with Gasteiger partial charge >= 0.3 is 0 Å². The topological polar surface area (TPSA) is 43.1 Å². The van der Waals surface area contributed by atoms with Crippen LogP contribution in [-0.2, 0) is 12.8 Å². The van der Waals surface area contributed by atoms with Crippen LogP contribution in [-0.4, -0.2) is 19.4 Å². The van der Waals surface area contributed by atoms with Crippen LogP contribution in [0.4, 0.5) is 0 Å². The summed E-state index contributed by atoms with van der Waals surface area (Å²) in [6.45, 7) is 0. The van der Waals surface area contributed by atoms with Crippen molar-refractivity contribution >= 4 is 27.6 Å². The van der Waals surface area contributed by atoms with Crippen LogP contribution in [0.5, 0.6) is 0 Å². The van der Waals surface area contributed by atoms with E-state index in [9.17, 15) is 0 Å². The summed E-state index contributed by atoms with van der Waals surface area (Å²) < 4.78 is 2.26. The third-order valence-electron chi connectivity index (χ3n) is 6.92. The Hall–Kier alpha value is -4.05. The zero-order chi connectivity index (χ0) is 20.1. The average Bonchev–Trinajstić information content (AvgIpc) is 3.48. The largest absolute Gasteiger partial charge is 0.275 e. The third-order valence-corrected chi connectivity index (χ3v) is 6.92. The molecule has 31 heavy (non-hydrogen) atoms. The van der Waals surface area contributed by atoms with Crippen LogP contribution in [0.3, 0.4) is 0 Å². The normalized spacial score (nSPS) is 13.5. The van der Waals surface area contributed by atoms with Gasteiger partial charge < -0.3 is 0 Å². The molecule has 0 N–H and O–H groups in total. The number of nitrogens with zero attached hydrogens (tertiary/aromatic N) is 4. The zero-order valence-corrected chi connectivity index (χ0v) is 16.6. The van der Waals surface area contributed by atoms with Gasteiger partial charge in [0.25, 0.3) is 0 Å². The second-order valence-electron chi connectivity index (χ2n) is 8.48. The Bertz CT molecular complexity index is 1740. The van der Waals surface area contributed by atoms with Crippen LogP contribution in [0.2, 0.25) is 0 Å². The quantitative estimate of drug-likeness (QED) is 0.315. The molecule has 0 saturated carbocycles. The second kappa shape index (κ2) is 5.35. The van der Waals surface area contributed by atoms with Crippen LogP contribution < -0.4 is 0 Å². The highest BCUT2D eigenvalue weighted by molar-refractivity contribution is 6.09. The fraction of sp³-hybridized carbons (Fsp3) is 0.0741. The summed E-state index contributed by atoms with van der Waals surface area (Å²) in [5.74, 6) is 0. The Balaban J connectivity index is 1.53. The van der Waals surface area contributed by atoms with E-state index in [1.165, 1.54) is 39.1 Å². The summed E-state index contributed by atoms with van der Waals surface area (Å²) >= 11 is 0. The summed E-state index contributed by atoms with van der Waals surface area (Å²) in [5.41, 5.74) is 13.5. The molecule has 6 aromatic rings. The SMILES string of the molecule is c1ccc2c(c1)Cc1ccc3c(c1-2)Cc1nc2c4cccnc4c4cccnc4n2c1-3. The second-order valence-corrected chi connectivity index (χ2v) is 8.48. The highest BCUT2D eigenvalue weighted by Gasteiger charge is 2.32. The van der Waals surface area contributed by atoms with Gasteiger partial charge in [0, 0.05) is 35.2 Å². The van der Waals surface area contributed by atoms with E-state index in [0.29, 0.717) is 0 Å². The molecule has 0 bridgehead atoms. The lowest BCUT2D eigenvalue weighted by atomic mass is 9.96. The van der Waals surface area contributed by atoms with Crippen molar-refractivity contribution in [1.29, 1.82) is 0 Å². The molecule has 4 heterocycles. The number of rotatable bonds is 0. The minimum atomic E-state index is 0.861. The van der Waals surface area contributed by atoms with E-state index in [1.807, 2.05) is 24.5 Å². The van der Waals surface area contributed by atoms with E-state index in [1.54, 1.807) is 0 Å². The van der Waals surface area contributed by atoms with E-state index in [4.69, 9.17) is 9.97 Å². The van der Waals surface area contributed by atoms with Gasteiger partial charge in [-0.15, -0.1) is 0 Å². The number of hydrogen-bond acceptors (Lipinski definition) is 3. The number of aromatic nitrogens is 4. The van der Waals surface area contributed by atoms with E-state index >= 15 is 0 Å². The molecule has 0 unspecified atom stereocenters. The Morgan fingerprint density at radius 2 is 1.52 bits per heavy atom. The lowest BCUT2D eigenvalue weighted by Gasteiger charge is -2.12. The molecule has 0 atom stereocenters. The highest BCUT2D eigenvalue weighted by atomic mass is 15.1. The molecule has 0 aliphatic heterocycles. The van der Waals surface area contributed by atoms with Gasteiger partial charge in [-0.3, -0.25) is 9.38 Å². The molecule has 4 heteroatoms. The molecule has 0 spiro atoms. The number of benzene rings is 2. The molecule has 8 rings (SSSR count). The van der Waals surface area contributed by atoms with Crippen molar-refractivity contribution in [2.45, 2.75) is 12.8 Å². The van der Waals surface area contributed by atoms with E-state index in [0.717, 1.165) is 46.1 Å². The molecular formula is C27H16N4. The summed E-state index contributed by atoms with van der Waals surface area (Å²) in [4.78, 5) is 14.6. The predicted octanol–water partition coefficient (Wildman–Crippen LogP) is 5.57. The van der Waals surface area contributed by atoms with Crippen LogP contribution >= 0.6 is 0 Å². The minimum absolute atomic E-state index is 0.861. The molecule has 0 saturated heterocycles. The number of fused-ring (bicyclic) bond motifs is 14. The Labute approximate surface area is 177 Å². The molecule has 0 radical (unpaired) electrons. The lowest BCUT2D eigenvalue weighted by Crippen LogP contribution is -1.97. The lowest BCUT2D eigenvalue weighted by molar-refractivity contribution is 1.16. The van der Waals surface area contributed by atoms with E-state index < -0.39 is 0 Å². The average molecular weight is 396 g/mol. The van der Waals surface area contributed by atoms with E-state index in [-0.39, 0.29) is 0 Å². The van der Waals surface area contributed by atoms with Crippen molar-refractivity contribution in [1.82, 2.24) is 19.4 Å². The summed E-state index contributed by atoms with van der Waals surface area (Å²) in [5, 5.41) is 2.14. The number of hydrogen-bond donors (Lipinski definition) is 0. The Morgan fingerprint density at radius 3 is 2.45 bits per heavy atom. The van der Waals surface area contributed by atoms with Crippen LogP contribution in [0.25, 0.3) is 50.0 Å². The first-order valence-corrected chi connectivity index (χ1v) is 10.6. The fourth-order valence-electron chi connectivity index (χ4n) is 5.69. The van der Waals surface area contributed by atoms with E-state index in [2.05, 4.69) is 57.9 Å². The van der Waals surface area contributed by atoms with Gasteiger partial charge in [-0.1, -0.05) is 36.4 Å². The van der Waals surface area contributed by atoms with Gasteiger partial charge in [-0.2, -0.15) is 0 Å². The maximum atomic E-state index is 5.15. The monoisotopic (exact) mass is 396 g/mol. The molecule has 4 aromatic heterocycles. The van der Waals surface area contributed by atoms with Crippen LogP contribution in [0.1, 0.15) is 22.4 Å². The summed E-state index contributed by atoms with van der Waals surface area (Å²) in [6.07, 6.45) is 5.58. The van der Waals surface area contributed by atoms with Crippen molar-refractivity contribution in [2.24, 2.45) is 0 Å². The first-order valence-electron chi connectivity index (χ1n) is 10.6. The van der Waals surface area contributed by atoms with Crippen LogP contribution in [0, 0.1) is 0 Å². The van der Waals surface area contributed by atoms with Crippen molar-refractivity contribution in [2.75, 3.05) is 0 Å². The minimum Gasteiger partial charge on any atom is -0.275 e. The predicted molar refractivity (Wildman–Crippen MR) is 122 cm³/mol. The third kappa shape index (κ3) is 1.84. The molecule has 144 valence electrons. The standard InChI is InChI=1S/C27H16N4/c1-2-6-17-15(5-1)13-16-9-10-18-21(23(16)17)14-22-25(18)31-26-19(7-4-12-29-26)24-20(27(31)30-22)8-3-11-28-24/h1-12H,13-14H2. The maximum absolute atomic E-state index is 5.15. The molecule has 0 fully saturated rings. The Morgan fingerprint density at radius 1 is 0.677 bits per heavy atom. The van der Waals surface area contributed by atoms with Gasteiger partial charge in [-0.05, 0) is 58.5 Å². The maximum Gasteiger partial charge on any atom is 0.148 e. The molecular weight excluding hydrogens is 380 g/mol. The van der Waals surface area contributed by atoms with Gasteiger partial charge in [0.05, 0.1) is 16.9 Å². The van der Waals surface area contributed by atoms with Gasteiger partial charge in [0.1, 0.15) is 11.3 Å². The highest BCUT2D eigenvalue weighted by Crippen LogP contribution is 2.48. The first-order chi connectivity index (χ1) is 15.4. The van der Waals surface area contributed by atoms with Crippen molar-refractivity contribution in [3.05, 3.63) is 95.4 Å². The zero-order valence-electron chi connectivity index (χ0n) is 16.6. The van der Waals surface area contributed by atoms with Crippen molar-refractivity contribution < 1.29 is 0 Å². The summed E-state index contributed by atoms with van der Waals surface area (Å²) in [7, 11) is 0. The Kier molecular flexibility index (Phi) is 2.72. The van der Waals surface area contributed by atoms with Gasteiger partial charge in [-0.25, -0.2) is 9.97 Å². The van der Waals surface area contributed by atoms with Gasteiger partial charge in [0.2, 0.25) is 0 Å². The molecule has 2 aliphatic carbocycles. The van der Waals surface area contributed by atoms with Crippen LogP contribution in [0.15, 0.2) is 73.1 Å². The van der Waals surface area contributed by atoms with Gasteiger partial charge in [0.15, 0.2) is 0 Å². The molecule has 0 amide bonds. The first kappa shape index (κ1) is 15.7. The summed E-state index contributed by atoms with van der Waals surface area (Å²) in [6, 6.07) is 21.6. The smallest absolute Gasteiger partial charge is 0.148 e.